The van der Waals surface area contributed by atoms with Crippen LogP contribution in [0, 0.1) is 11.3 Å². The summed E-state index contributed by atoms with van der Waals surface area (Å²) in [5.74, 6) is 0.0197. The SMILES string of the molecule is CCCCCCCCCCCCC(CCCCCC)(CC(C)CCCCCCCC)C(=O)O. The van der Waals surface area contributed by atoms with Gasteiger partial charge in [-0.2, -0.15) is 0 Å². The lowest BCUT2D eigenvalue weighted by molar-refractivity contribution is -0.151. The van der Waals surface area contributed by atoms with Gasteiger partial charge in [-0.05, 0) is 25.2 Å². The zero-order valence-corrected chi connectivity index (χ0v) is 23.4. The van der Waals surface area contributed by atoms with Crippen molar-refractivity contribution in [2.24, 2.45) is 11.3 Å². The second-order valence-electron chi connectivity index (χ2n) is 11.2. The van der Waals surface area contributed by atoms with E-state index in [2.05, 4.69) is 27.7 Å². The van der Waals surface area contributed by atoms with Crippen LogP contribution in [0.5, 0.6) is 0 Å². The maximum absolute atomic E-state index is 12.6. The quantitative estimate of drug-likeness (QED) is 0.129. The number of aliphatic carboxylic acids is 1. The average molecular weight is 467 g/mol. The molecular formula is C31H62O2. The van der Waals surface area contributed by atoms with Crippen molar-refractivity contribution >= 4 is 5.97 Å². The predicted octanol–water partition coefficient (Wildman–Crippen LogP) is 11.1. The van der Waals surface area contributed by atoms with E-state index in [0.717, 1.165) is 32.1 Å². The molecule has 33 heavy (non-hydrogen) atoms. The van der Waals surface area contributed by atoms with Crippen LogP contribution in [0.25, 0.3) is 0 Å². The summed E-state index contributed by atoms with van der Waals surface area (Å²) in [6.07, 6.45) is 29.7. The molecule has 2 atom stereocenters. The predicted molar refractivity (Wildman–Crippen MR) is 147 cm³/mol. The Hall–Kier alpha value is -0.530. The van der Waals surface area contributed by atoms with Gasteiger partial charge in [-0.25, -0.2) is 0 Å². The molecule has 0 aromatic heterocycles. The van der Waals surface area contributed by atoms with Crippen molar-refractivity contribution in [3.05, 3.63) is 0 Å². The summed E-state index contributed by atoms with van der Waals surface area (Å²) in [4.78, 5) is 12.6. The third-order valence-corrected chi connectivity index (χ3v) is 7.76. The van der Waals surface area contributed by atoms with Crippen LogP contribution in [0.4, 0.5) is 0 Å². The molecule has 0 amide bonds. The van der Waals surface area contributed by atoms with Gasteiger partial charge in [0.15, 0.2) is 0 Å². The molecule has 0 aromatic rings. The smallest absolute Gasteiger partial charge is 0.309 e. The van der Waals surface area contributed by atoms with Crippen LogP contribution >= 0.6 is 0 Å². The zero-order chi connectivity index (χ0) is 24.6. The van der Waals surface area contributed by atoms with Crippen LogP contribution in [-0.4, -0.2) is 11.1 Å². The van der Waals surface area contributed by atoms with E-state index in [0.29, 0.717) is 5.92 Å². The molecule has 0 aliphatic carbocycles. The van der Waals surface area contributed by atoms with Gasteiger partial charge in [0, 0.05) is 0 Å². The molecule has 2 unspecified atom stereocenters. The van der Waals surface area contributed by atoms with E-state index >= 15 is 0 Å². The highest BCUT2D eigenvalue weighted by atomic mass is 16.4. The first-order valence-electron chi connectivity index (χ1n) is 15.3. The van der Waals surface area contributed by atoms with Crippen molar-refractivity contribution in [3.63, 3.8) is 0 Å². The topological polar surface area (TPSA) is 37.3 Å². The summed E-state index contributed by atoms with van der Waals surface area (Å²) in [6, 6.07) is 0. The fourth-order valence-electron chi connectivity index (χ4n) is 5.51. The number of carboxylic acids is 1. The lowest BCUT2D eigenvalue weighted by Crippen LogP contribution is -2.33. The Kier molecular flexibility index (Phi) is 22.9. The van der Waals surface area contributed by atoms with Gasteiger partial charge in [0.25, 0.3) is 0 Å². The fourth-order valence-corrected chi connectivity index (χ4v) is 5.51. The summed E-state index contributed by atoms with van der Waals surface area (Å²) in [6.45, 7) is 9.09. The van der Waals surface area contributed by atoms with E-state index in [1.807, 2.05) is 0 Å². The van der Waals surface area contributed by atoms with Gasteiger partial charge in [0.05, 0.1) is 5.41 Å². The molecule has 2 heteroatoms. The monoisotopic (exact) mass is 466 g/mol. The number of hydrogen-bond acceptors (Lipinski definition) is 1. The Bertz CT molecular complexity index is 419. The molecule has 2 nitrogen and oxygen atoms in total. The maximum atomic E-state index is 12.6. The summed E-state index contributed by atoms with van der Waals surface area (Å²) in [7, 11) is 0. The average Bonchev–Trinajstić information content (AvgIpc) is 2.79. The van der Waals surface area contributed by atoms with Crippen molar-refractivity contribution in [3.8, 4) is 0 Å². The van der Waals surface area contributed by atoms with Crippen LogP contribution in [0.2, 0.25) is 0 Å². The highest BCUT2D eigenvalue weighted by molar-refractivity contribution is 5.74. The molecule has 0 rings (SSSR count). The van der Waals surface area contributed by atoms with Crippen molar-refractivity contribution in [2.45, 2.75) is 182 Å². The highest BCUT2D eigenvalue weighted by Gasteiger charge is 2.38. The lowest BCUT2D eigenvalue weighted by Gasteiger charge is -2.32. The molecule has 0 bridgehead atoms. The molecule has 0 radical (unpaired) electrons. The van der Waals surface area contributed by atoms with Crippen molar-refractivity contribution in [1.82, 2.24) is 0 Å². The third kappa shape index (κ3) is 18.5. The second kappa shape index (κ2) is 23.2. The van der Waals surface area contributed by atoms with E-state index in [4.69, 9.17) is 0 Å². The molecule has 0 heterocycles. The molecule has 0 saturated heterocycles. The Labute approximate surface area is 209 Å². The van der Waals surface area contributed by atoms with Gasteiger partial charge in [-0.3, -0.25) is 4.79 Å². The van der Waals surface area contributed by atoms with Gasteiger partial charge in [-0.15, -0.1) is 0 Å². The van der Waals surface area contributed by atoms with Crippen LogP contribution in [0.15, 0.2) is 0 Å². The van der Waals surface area contributed by atoms with E-state index in [-0.39, 0.29) is 0 Å². The van der Waals surface area contributed by atoms with E-state index in [1.165, 1.54) is 122 Å². The van der Waals surface area contributed by atoms with Gasteiger partial charge in [0.1, 0.15) is 0 Å². The Morgan fingerprint density at radius 3 is 1.30 bits per heavy atom. The van der Waals surface area contributed by atoms with Gasteiger partial charge in [-0.1, -0.05) is 163 Å². The molecule has 0 spiro atoms. The molecule has 0 fully saturated rings. The lowest BCUT2D eigenvalue weighted by atomic mass is 9.71. The maximum Gasteiger partial charge on any atom is 0.309 e. The molecule has 0 aliphatic rings. The summed E-state index contributed by atoms with van der Waals surface area (Å²) < 4.78 is 0. The summed E-state index contributed by atoms with van der Waals surface area (Å²) in [5, 5.41) is 10.3. The van der Waals surface area contributed by atoms with E-state index < -0.39 is 11.4 Å². The summed E-state index contributed by atoms with van der Waals surface area (Å²) >= 11 is 0. The zero-order valence-electron chi connectivity index (χ0n) is 23.4. The first-order chi connectivity index (χ1) is 16.0. The second-order valence-corrected chi connectivity index (χ2v) is 11.2. The van der Waals surface area contributed by atoms with Crippen LogP contribution in [0.1, 0.15) is 182 Å². The minimum Gasteiger partial charge on any atom is -0.481 e. The van der Waals surface area contributed by atoms with Crippen molar-refractivity contribution < 1.29 is 9.90 Å². The summed E-state index contributed by atoms with van der Waals surface area (Å²) in [5.41, 5.74) is -0.477. The van der Waals surface area contributed by atoms with Gasteiger partial charge in [0.2, 0.25) is 0 Å². The first kappa shape index (κ1) is 32.5. The van der Waals surface area contributed by atoms with Crippen LogP contribution < -0.4 is 0 Å². The first-order valence-corrected chi connectivity index (χ1v) is 15.3. The molecule has 198 valence electrons. The fraction of sp³-hybridized carbons (Fsp3) is 0.968. The van der Waals surface area contributed by atoms with Gasteiger partial charge >= 0.3 is 5.97 Å². The molecule has 0 aromatic carbocycles. The third-order valence-electron chi connectivity index (χ3n) is 7.76. The Morgan fingerprint density at radius 1 is 0.576 bits per heavy atom. The Balaban J connectivity index is 4.48. The minimum atomic E-state index is -0.510. The Morgan fingerprint density at radius 2 is 0.909 bits per heavy atom. The normalized spacial score (nSPS) is 14.3. The van der Waals surface area contributed by atoms with E-state index in [1.54, 1.807) is 0 Å². The van der Waals surface area contributed by atoms with Crippen LogP contribution in [0.3, 0.4) is 0 Å². The molecule has 0 aliphatic heterocycles. The molecular weight excluding hydrogens is 404 g/mol. The van der Waals surface area contributed by atoms with E-state index in [9.17, 15) is 9.90 Å². The number of carbonyl (C=O) groups is 1. The largest absolute Gasteiger partial charge is 0.481 e. The van der Waals surface area contributed by atoms with Gasteiger partial charge < -0.3 is 5.11 Å². The van der Waals surface area contributed by atoms with Crippen molar-refractivity contribution in [1.29, 1.82) is 0 Å². The standard InChI is InChI=1S/C31H62O2/c1-5-8-11-14-16-17-18-19-21-24-27-31(30(32)33,26-23-13-10-7-3)28-29(4)25-22-20-15-12-9-6-2/h29H,5-28H2,1-4H3,(H,32,33). The van der Waals surface area contributed by atoms with Crippen LogP contribution in [-0.2, 0) is 4.79 Å². The number of rotatable bonds is 26. The number of carboxylic acid groups (broad SMARTS) is 1. The number of unbranched alkanes of at least 4 members (excludes halogenated alkanes) is 17. The molecule has 1 N–H and O–H groups in total. The minimum absolute atomic E-state index is 0.477. The molecule has 0 saturated carbocycles. The van der Waals surface area contributed by atoms with Crippen molar-refractivity contribution in [2.75, 3.05) is 0 Å². The number of hydrogen-bond donors (Lipinski definition) is 1. The highest BCUT2D eigenvalue weighted by Crippen LogP contribution is 2.40.